The predicted octanol–water partition coefficient (Wildman–Crippen LogP) is 1.78. The third kappa shape index (κ3) is 3.61. The molecule has 1 spiro atoms. The molecule has 2 aliphatic rings. The van der Waals surface area contributed by atoms with Crippen molar-refractivity contribution in [3.05, 3.63) is 16.6 Å². The van der Waals surface area contributed by atoms with E-state index in [9.17, 15) is 8.42 Å². The first-order valence-corrected chi connectivity index (χ1v) is 10.5. The molecule has 1 atom stereocenters. The van der Waals surface area contributed by atoms with Gasteiger partial charge in [-0.1, -0.05) is 0 Å². The van der Waals surface area contributed by atoms with E-state index in [1.807, 2.05) is 11.6 Å². The Morgan fingerprint density at radius 1 is 1.52 bits per heavy atom. The molecule has 0 amide bonds. The molecule has 2 heterocycles. The van der Waals surface area contributed by atoms with E-state index in [-0.39, 0.29) is 5.75 Å². The average molecular weight is 354 g/mol. The van der Waals surface area contributed by atoms with Crippen LogP contribution in [0, 0.1) is 17.8 Å². The van der Waals surface area contributed by atoms with Crippen LogP contribution in [-0.2, 0) is 16.6 Å². The molecule has 1 aliphatic heterocycles. The van der Waals surface area contributed by atoms with Crippen LogP contribution in [0.25, 0.3) is 0 Å². The summed E-state index contributed by atoms with van der Waals surface area (Å²) in [4.78, 5) is 6.72. The number of terminal acetylenes is 1. The highest BCUT2D eigenvalue weighted by Gasteiger charge is 2.57. The molecule has 0 N–H and O–H groups in total. The predicted molar refractivity (Wildman–Crippen MR) is 92.5 cm³/mol. The minimum absolute atomic E-state index is 0.0733. The largest absolute Gasteiger partial charge is 0.296 e. The molecule has 1 unspecified atom stereocenters. The number of piperidine rings is 1. The molecular formula is C16H23N3O2S2. The van der Waals surface area contributed by atoms with E-state index in [0.29, 0.717) is 31.0 Å². The second-order valence-corrected chi connectivity index (χ2v) is 9.66. The molecule has 0 aromatic carbocycles. The van der Waals surface area contributed by atoms with E-state index in [0.717, 1.165) is 24.4 Å². The highest BCUT2D eigenvalue weighted by Crippen LogP contribution is 2.56. The van der Waals surface area contributed by atoms with Crippen LogP contribution in [-0.4, -0.2) is 54.5 Å². The van der Waals surface area contributed by atoms with Crippen molar-refractivity contribution in [3.8, 4) is 12.3 Å². The van der Waals surface area contributed by atoms with Crippen molar-refractivity contribution < 1.29 is 8.42 Å². The lowest BCUT2D eigenvalue weighted by molar-refractivity contribution is 0.196. The summed E-state index contributed by atoms with van der Waals surface area (Å²) in [6.45, 7) is 2.15. The van der Waals surface area contributed by atoms with Crippen LogP contribution in [0.2, 0.25) is 0 Å². The molecule has 1 saturated heterocycles. The Morgan fingerprint density at radius 2 is 2.26 bits per heavy atom. The Labute approximate surface area is 142 Å². The standard InChI is InChI=1S/C16H23N3O2S2/c1-3-4-11-23(20,21)19-8-5-16(6-9-19)12-14(16)18(2)13-15-17-7-10-22-15/h1,7,10,14H,4-6,8-9,11-13H2,2H3. The first-order chi connectivity index (χ1) is 11.0. The summed E-state index contributed by atoms with van der Waals surface area (Å²) in [5.74, 6) is 2.49. The van der Waals surface area contributed by atoms with E-state index in [1.165, 1.54) is 6.42 Å². The lowest BCUT2D eigenvalue weighted by Gasteiger charge is -2.33. The SMILES string of the molecule is C#CCCS(=O)(=O)N1CCC2(CC1)CC2N(C)Cc1nccs1. The maximum atomic E-state index is 12.2. The van der Waals surface area contributed by atoms with Crippen LogP contribution in [0.15, 0.2) is 11.6 Å². The van der Waals surface area contributed by atoms with Crippen LogP contribution in [0.1, 0.15) is 30.7 Å². The van der Waals surface area contributed by atoms with Crippen LogP contribution < -0.4 is 0 Å². The van der Waals surface area contributed by atoms with E-state index in [2.05, 4.69) is 22.9 Å². The Hall–Kier alpha value is -0.940. The van der Waals surface area contributed by atoms with Gasteiger partial charge in [0.1, 0.15) is 5.01 Å². The van der Waals surface area contributed by atoms with Gasteiger partial charge in [-0.3, -0.25) is 4.90 Å². The summed E-state index contributed by atoms with van der Waals surface area (Å²) in [5, 5.41) is 3.15. The highest BCUT2D eigenvalue weighted by molar-refractivity contribution is 7.89. The maximum Gasteiger partial charge on any atom is 0.215 e. The number of thiazole rings is 1. The van der Waals surface area contributed by atoms with Crippen molar-refractivity contribution in [1.82, 2.24) is 14.2 Å². The van der Waals surface area contributed by atoms with Crippen molar-refractivity contribution in [1.29, 1.82) is 0 Å². The van der Waals surface area contributed by atoms with E-state index in [4.69, 9.17) is 6.42 Å². The first kappa shape index (κ1) is 16.9. The molecule has 7 heteroatoms. The Morgan fingerprint density at radius 3 is 2.87 bits per heavy atom. The molecule has 1 aliphatic carbocycles. The van der Waals surface area contributed by atoms with Crippen LogP contribution >= 0.6 is 11.3 Å². The first-order valence-electron chi connectivity index (χ1n) is 7.97. The monoisotopic (exact) mass is 353 g/mol. The van der Waals surface area contributed by atoms with Gasteiger partial charge in [0.05, 0.1) is 12.3 Å². The molecule has 3 rings (SSSR count). The van der Waals surface area contributed by atoms with Crippen LogP contribution in [0.5, 0.6) is 0 Å². The summed E-state index contributed by atoms with van der Waals surface area (Å²) in [7, 11) is -1.03. The van der Waals surface area contributed by atoms with E-state index < -0.39 is 10.0 Å². The van der Waals surface area contributed by atoms with Gasteiger partial charge in [-0.2, -0.15) is 0 Å². The Bertz CT molecular complexity index is 671. The number of hydrogen-bond donors (Lipinski definition) is 0. The summed E-state index contributed by atoms with van der Waals surface area (Å²) in [5.41, 5.74) is 0.310. The Kier molecular flexibility index (Phi) is 4.79. The molecule has 1 saturated carbocycles. The van der Waals surface area contributed by atoms with Gasteiger partial charge in [-0.15, -0.1) is 23.7 Å². The third-order valence-electron chi connectivity index (χ3n) is 5.16. The summed E-state index contributed by atoms with van der Waals surface area (Å²) in [6.07, 6.45) is 10.4. The van der Waals surface area contributed by atoms with E-state index >= 15 is 0 Å². The minimum Gasteiger partial charge on any atom is -0.296 e. The zero-order chi connectivity index (χ0) is 16.5. The van der Waals surface area contributed by atoms with Gasteiger partial charge in [0.15, 0.2) is 0 Å². The fraction of sp³-hybridized carbons (Fsp3) is 0.688. The second-order valence-electron chi connectivity index (χ2n) is 6.59. The van der Waals surface area contributed by atoms with Crippen LogP contribution in [0.4, 0.5) is 0 Å². The quantitative estimate of drug-likeness (QED) is 0.732. The van der Waals surface area contributed by atoms with Gasteiger partial charge in [0, 0.05) is 37.1 Å². The molecule has 23 heavy (non-hydrogen) atoms. The molecule has 126 valence electrons. The van der Waals surface area contributed by atoms with Gasteiger partial charge in [-0.25, -0.2) is 17.7 Å². The summed E-state index contributed by atoms with van der Waals surface area (Å²) < 4.78 is 26.1. The van der Waals surface area contributed by atoms with Gasteiger partial charge >= 0.3 is 0 Å². The number of hydrogen-bond acceptors (Lipinski definition) is 5. The summed E-state index contributed by atoms with van der Waals surface area (Å²) in [6, 6.07) is 0.557. The molecular weight excluding hydrogens is 330 g/mol. The smallest absolute Gasteiger partial charge is 0.215 e. The minimum atomic E-state index is -3.18. The van der Waals surface area contributed by atoms with Gasteiger partial charge < -0.3 is 0 Å². The number of rotatable bonds is 6. The molecule has 0 bridgehead atoms. The van der Waals surface area contributed by atoms with Crippen LogP contribution in [0.3, 0.4) is 0 Å². The average Bonchev–Trinajstić information content (AvgIpc) is 2.98. The lowest BCUT2D eigenvalue weighted by atomic mass is 9.93. The second kappa shape index (κ2) is 6.52. The normalized spacial score (nSPS) is 24.0. The fourth-order valence-electron chi connectivity index (χ4n) is 3.67. The summed E-state index contributed by atoms with van der Waals surface area (Å²) >= 11 is 1.69. The van der Waals surface area contributed by atoms with Gasteiger partial charge in [-0.05, 0) is 31.7 Å². The van der Waals surface area contributed by atoms with Crippen molar-refractivity contribution >= 4 is 21.4 Å². The van der Waals surface area contributed by atoms with E-state index in [1.54, 1.807) is 15.6 Å². The van der Waals surface area contributed by atoms with Crippen molar-refractivity contribution in [2.45, 2.75) is 38.3 Å². The lowest BCUT2D eigenvalue weighted by Crippen LogP contribution is -2.42. The Balaban J connectivity index is 1.53. The topological polar surface area (TPSA) is 53.5 Å². The van der Waals surface area contributed by atoms with Crippen molar-refractivity contribution in [3.63, 3.8) is 0 Å². The van der Waals surface area contributed by atoms with Gasteiger partial charge in [0.2, 0.25) is 10.0 Å². The maximum absolute atomic E-state index is 12.2. The highest BCUT2D eigenvalue weighted by atomic mass is 32.2. The fourth-order valence-corrected chi connectivity index (χ4v) is 5.72. The number of aromatic nitrogens is 1. The molecule has 2 fully saturated rings. The van der Waals surface area contributed by atoms with Crippen molar-refractivity contribution in [2.75, 3.05) is 25.9 Å². The molecule has 5 nitrogen and oxygen atoms in total. The zero-order valence-electron chi connectivity index (χ0n) is 13.4. The number of sulfonamides is 1. The molecule has 1 aromatic heterocycles. The zero-order valence-corrected chi connectivity index (χ0v) is 15.1. The van der Waals surface area contributed by atoms with Gasteiger partial charge in [0.25, 0.3) is 0 Å². The van der Waals surface area contributed by atoms with Crippen molar-refractivity contribution in [2.24, 2.45) is 5.41 Å². The third-order valence-corrected chi connectivity index (χ3v) is 7.80. The molecule has 0 radical (unpaired) electrons. The number of nitrogens with zero attached hydrogens (tertiary/aromatic N) is 3. The molecule has 1 aromatic rings.